The maximum Gasteiger partial charge on any atom is 0.413 e. The molecule has 1 aliphatic carbocycles. The molecule has 10 nitrogen and oxygen atoms in total. The second kappa shape index (κ2) is 10.3. The molecule has 38 heavy (non-hydrogen) atoms. The maximum atomic E-state index is 12.6. The number of nitrogens with zero attached hydrogens (tertiary/aromatic N) is 5. The fraction of sp³-hybridized carbons (Fsp3) is 0.214. The molecule has 1 heterocycles. The van der Waals surface area contributed by atoms with E-state index in [0.717, 1.165) is 40.8 Å². The number of aromatic nitrogens is 3. The van der Waals surface area contributed by atoms with E-state index in [1.165, 1.54) is 0 Å². The van der Waals surface area contributed by atoms with Crippen LogP contribution in [-0.4, -0.2) is 26.9 Å². The van der Waals surface area contributed by atoms with Gasteiger partial charge in [0.25, 0.3) is 0 Å². The quantitative estimate of drug-likeness (QED) is 0.118. The number of anilines is 1. The van der Waals surface area contributed by atoms with E-state index in [-0.39, 0.29) is 5.41 Å². The Bertz CT molecular complexity index is 1470. The first-order valence-corrected chi connectivity index (χ1v) is 12.3. The maximum absolute atomic E-state index is 12.6. The Labute approximate surface area is 220 Å². The zero-order valence-electron chi connectivity index (χ0n) is 21.1. The van der Waals surface area contributed by atoms with Gasteiger partial charge in [0, 0.05) is 0 Å². The number of carbonyl (C=O) groups excluding carboxylic acids is 1. The van der Waals surface area contributed by atoms with Gasteiger partial charge in [-0.1, -0.05) is 77.2 Å². The van der Waals surface area contributed by atoms with E-state index < -0.39 is 12.2 Å². The molecule has 1 atom stereocenters. The monoisotopic (exact) mass is 508 g/mol. The van der Waals surface area contributed by atoms with Crippen LogP contribution in [0.15, 0.2) is 89.2 Å². The van der Waals surface area contributed by atoms with Gasteiger partial charge < -0.3 is 10.5 Å². The van der Waals surface area contributed by atoms with E-state index in [2.05, 4.69) is 26.0 Å². The standard InChI is InChI=1S/C28H28N8O2/c1-18-25(31-27(37)38-19(2)20-6-4-3-5-7-20)36(35-32-18)24-14-10-22(11-15-24)21-8-12-23(13-9-21)28(16-17-28)26(29)33-34-30/h3-15,19H,16-17H2,1-2H3,(H,31,37)(H3,29,30,33). The van der Waals surface area contributed by atoms with Gasteiger partial charge in [-0.25, -0.2) is 4.79 Å². The molecule has 10 heteroatoms. The van der Waals surface area contributed by atoms with Gasteiger partial charge in [0.2, 0.25) is 0 Å². The summed E-state index contributed by atoms with van der Waals surface area (Å²) in [6, 6.07) is 25.6. The number of ether oxygens (including phenoxy) is 1. The smallest absolute Gasteiger partial charge is 0.413 e. The van der Waals surface area contributed by atoms with Gasteiger partial charge in [0.15, 0.2) is 5.82 Å². The Balaban J connectivity index is 1.30. The van der Waals surface area contributed by atoms with E-state index >= 15 is 0 Å². The van der Waals surface area contributed by atoms with Gasteiger partial charge >= 0.3 is 6.09 Å². The summed E-state index contributed by atoms with van der Waals surface area (Å²) in [6.07, 6.45) is 0.814. The number of aryl methyl sites for hydroxylation is 1. The molecule has 1 amide bonds. The van der Waals surface area contributed by atoms with Crippen LogP contribution in [0.5, 0.6) is 0 Å². The molecule has 4 aromatic rings. The van der Waals surface area contributed by atoms with E-state index in [1.54, 1.807) is 11.6 Å². The van der Waals surface area contributed by atoms with Crippen LogP contribution in [0, 0.1) is 12.5 Å². The number of nitrogens with one attached hydrogen (secondary N) is 2. The average Bonchev–Trinajstić information content (AvgIpc) is 3.68. The number of amides is 1. The molecule has 1 aromatic heterocycles. The van der Waals surface area contributed by atoms with Crippen molar-refractivity contribution in [2.24, 2.45) is 16.1 Å². The van der Waals surface area contributed by atoms with Crippen LogP contribution < -0.4 is 11.1 Å². The molecule has 1 fully saturated rings. The van der Waals surface area contributed by atoms with Crippen LogP contribution >= 0.6 is 0 Å². The number of hydrogen-bond acceptors (Lipinski definition) is 6. The molecule has 3 aromatic carbocycles. The first-order valence-electron chi connectivity index (χ1n) is 12.3. The molecule has 5 rings (SSSR count). The summed E-state index contributed by atoms with van der Waals surface area (Å²) in [7, 11) is 0. The van der Waals surface area contributed by atoms with E-state index in [9.17, 15) is 4.79 Å². The van der Waals surface area contributed by atoms with Crippen molar-refractivity contribution in [3.8, 4) is 16.8 Å². The minimum atomic E-state index is -0.583. The molecule has 0 spiro atoms. The number of benzene rings is 3. The minimum absolute atomic E-state index is 0.304. The highest BCUT2D eigenvalue weighted by Crippen LogP contribution is 2.48. The largest absolute Gasteiger partial charge is 0.441 e. The van der Waals surface area contributed by atoms with Crippen molar-refractivity contribution in [3.63, 3.8) is 0 Å². The van der Waals surface area contributed by atoms with Gasteiger partial charge in [-0.15, -0.1) is 10.2 Å². The summed E-state index contributed by atoms with van der Waals surface area (Å²) in [4.78, 5) is 12.6. The zero-order chi connectivity index (χ0) is 26.7. The highest BCUT2D eigenvalue weighted by molar-refractivity contribution is 5.94. The molecule has 4 N–H and O–H groups in total. The lowest BCUT2D eigenvalue weighted by Gasteiger charge is -2.15. The van der Waals surface area contributed by atoms with Crippen molar-refractivity contribution in [1.29, 1.82) is 5.53 Å². The highest BCUT2D eigenvalue weighted by Gasteiger charge is 2.48. The molecule has 1 aliphatic rings. The Morgan fingerprint density at radius 1 is 1.05 bits per heavy atom. The zero-order valence-corrected chi connectivity index (χ0v) is 21.1. The lowest BCUT2D eigenvalue weighted by molar-refractivity contribution is 0.121. The number of hydrogen-bond donors (Lipinski definition) is 3. The Morgan fingerprint density at radius 2 is 1.68 bits per heavy atom. The third kappa shape index (κ3) is 4.88. The highest BCUT2D eigenvalue weighted by atomic mass is 16.6. The number of amidine groups is 1. The van der Waals surface area contributed by atoms with Gasteiger partial charge in [-0.3, -0.25) is 5.32 Å². The van der Waals surface area contributed by atoms with Gasteiger partial charge in [-0.2, -0.15) is 10.2 Å². The summed E-state index contributed by atoms with van der Waals surface area (Å²) < 4.78 is 7.13. The van der Waals surface area contributed by atoms with Crippen LogP contribution in [-0.2, 0) is 10.2 Å². The first-order chi connectivity index (χ1) is 18.4. The van der Waals surface area contributed by atoms with E-state index in [1.807, 2.05) is 85.8 Å². The average molecular weight is 509 g/mol. The van der Waals surface area contributed by atoms with E-state index in [4.69, 9.17) is 16.0 Å². The lowest BCUT2D eigenvalue weighted by atomic mass is 9.93. The summed E-state index contributed by atoms with van der Waals surface area (Å²) >= 11 is 0. The molecular weight excluding hydrogens is 480 g/mol. The first kappa shape index (κ1) is 24.8. The molecule has 0 radical (unpaired) electrons. The van der Waals surface area contributed by atoms with Gasteiger partial charge in [-0.05, 0) is 61.1 Å². The molecular formula is C28H28N8O2. The number of rotatable bonds is 8. The van der Waals surface area contributed by atoms with Crippen molar-refractivity contribution in [3.05, 3.63) is 95.7 Å². The van der Waals surface area contributed by atoms with Crippen molar-refractivity contribution in [2.75, 3.05) is 5.32 Å². The fourth-order valence-corrected chi connectivity index (χ4v) is 4.50. The van der Waals surface area contributed by atoms with Crippen molar-refractivity contribution in [1.82, 2.24) is 15.0 Å². The summed E-state index contributed by atoms with van der Waals surface area (Å²) in [5.74, 6) is 0.830. The second-order valence-electron chi connectivity index (χ2n) is 9.31. The molecule has 0 aliphatic heterocycles. The van der Waals surface area contributed by atoms with Crippen molar-refractivity contribution in [2.45, 2.75) is 38.2 Å². The van der Waals surface area contributed by atoms with Gasteiger partial charge in [0.05, 0.1) is 11.1 Å². The van der Waals surface area contributed by atoms with E-state index in [0.29, 0.717) is 17.3 Å². The molecule has 0 saturated heterocycles. The molecule has 0 bridgehead atoms. The number of nitrogens with two attached hydrogens (primary N) is 1. The van der Waals surface area contributed by atoms with Crippen LogP contribution in [0.2, 0.25) is 0 Å². The van der Waals surface area contributed by atoms with Crippen LogP contribution in [0.1, 0.15) is 42.7 Å². The topological polar surface area (TPSA) is 144 Å². The van der Waals surface area contributed by atoms with Crippen LogP contribution in [0.25, 0.3) is 16.8 Å². The third-order valence-electron chi connectivity index (χ3n) is 6.89. The molecule has 1 saturated carbocycles. The normalized spacial score (nSPS) is 14.9. The Hall–Kier alpha value is -4.86. The minimum Gasteiger partial charge on any atom is -0.441 e. The second-order valence-corrected chi connectivity index (χ2v) is 9.31. The summed E-state index contributed by atoms with van der Waals surface area (Å²) in [5, 5.41) is 18.0. The Kier molecular flexibility index (Phi) is 6.69. The van der Waals surface area contributed by atoms with Crippen molar-refractivity contribution < 1.29 is 9.53 Å². The van der Waals surface area contributed by atoms with Crippen molar-refractivity contribution >= 4 is 17.7 Å². The van der Waals surface area contributed by atoms with Crippen LogP contribution in [0.4, 0.5) is 10.6 Å². The van der Waals surface area contributed by atoms with Gasteiger partial charge in [0.1, 0.15) is 17.6 Å². The predicted molar refractivity (Wildman–Crippen MR) is 144 cm³/mol. The lowest BCUT2D eigenvalue weighted by Crippen LogP contribution is -2.28. The Morgan fingerprint density at radius 3 is 2.29 bits per heavy atom. The molecule has 192 valence electrons. The molecule has 1 unspecified atom stereocenters. The SMILES string of the molecule is Cc1nnn(-c2ccc(-c3ccc(C4(C(N)=NN=N)CC4)cc3)cc2)c1NC(=O)OC(C)c1ccccc1. The van der Waals surface area contributed by atoms with Crippen LogP contribution in [0.3, 0.4) is 0 Å². The number of carbonyl (C=O) groups is 1. The third-order valence-corrected chi connectivity index (χ3v) is 6.89. The predicted octanol–water partition coefficient (Wildman–Crippen LogP) is 5.89. The fourth-order valence-electron chi connectivity index (χ4n) is 4.50. The summed E-state index contributed by atoms with van der Waals surface area (Å²) in [6.45, 7) is 3.60. The summed E-state index contributed by atoms with van der Waals surface area (Å²) in [5.41, 5.74) is 18.1.